The number of carbonyl (C=O) groups excluding carboxylic acids is 1. The first kappa shape index (κ1) is 20.5. The molecule has 0 bridgehead atoms. The summed E-state index contributed by atoms with van der Waals surface area (Å²) < 4.78 is 14.0. The summed E-state index contributed by atoms with van der Waals surface area (Å²) in [4.78, 5) is 14.7. The number of amides is 1. The lowest BCUT2D eigenvalue weighted by Crippen LogP contribution is -2.48. The largest absolute Gasteiger partial charge is 0.350 e. The topological polar surface area (TPSA) is 58.4 Å². The van der Waals surface area contributed by atoms with Crippen molar-refractivity contribution in [1.29, 1.82) is 0 Å². The molecule has 1 aromatic rings. The summed E-state index contributed by atoms with van der Waals surface area (Å²) >= 11 is 7.49. The van der Waals surface area contributed by atoms with E-state index in [1.54, 1.807) is 17.8 Å². The molecule has 0 spiro atoms. The summed E-state index contributed by atoms with van der Waals surface area (Å²) in [6.45, 7) is 5.05. The highest BCUT2D eigenvalue weighted by Crippen LogP contribution is 2.35. The summed E-state index contributed by atoms with van der Waals surface area (Å²) in [6, 6.07) is 4.49. The molecule has 1 heterocycles. The normalized spacial score (nSPS) is 22.4. The Hall–Kier alpha value is -0.820. The fourth-order valence-corrected chi connectivity index (χ4v) is 3.94. The molecule has 0 saturated carbocycles. The van der Waals surface area contributed by atoms with Gasteiger partial charge in [0.15, 0.2) is 0 Å². The highest BCUT2D eigenvalue weighted by Gasteiger charge is 2.38. The van der Waals surface area contributed by atoms with Crippen molar-refractivity contribution in [2.45, 2.75) is 50.9 Å². The van der Waals surface area contributed by atoms with Crippen LogP contribution in [0.25, 0.3) is 0 Å². The number of halogens is 2. The molecular formula is C18H27ClFN3OS. The monoisotopic (exact) mass is 387 g/mol. The van der Waals surface area contributed by atoms with Gasteiger partial charge in [0.25, 0.3) is 0 Å². The van der Waals surface area contributed by atoms with E-state index in [9.17, 15) is 9.18 Å². The summed E-state index contributed by atoms with van der Waals surface area (Å²) in [5.41, 5.74) is 6.82. The Morgan fingerprint density at radius 1 is 1.52 bits per heavy atom. The van der Waals surface area contributed by atoms with E-state index in [1.807, 2.05) is 12.3 Å². The summed E-state index contributed by atoms with van der Waals surface area (Å²) in [7, 11) is 0. The lowest BCUT2D eigenvalue weighted by Gasteiger charge is -2.32. The van der Waals surface area contributed by atoms with E-state index in [0.29, 0.717) is 6.42 Å². The number of hydrogen-bond acceptors (Lipinski definition) is 4. The third kappa shape index (κ3) is 5.09. The number of nitrogens with zero attached hydrogens (tertiary/aromatic N) is 1. The van der Waals surface area contributed by atoms with Crippen molar-refractivity contribution >= 4 is 29.3 Å². The molecule has 4 nitrogen and oxygen atoms in total. The molecular weight excluding hydrogens is 361 g/mol. The molecule has 3 atom stereocenters. The van der Waals surface area contributed by atoms with Crippen LogP contribution in [0.5, 0.6) is 0 Å². The molecule has 140 valence electrons. The standard InChI is InChI=1S/C18H27ClFN3OS/c1-11(2)23-8-6-16(22-18(24)15(21)7-9-25-3)17(23)12-4-5-13(19)14(20)10-12/h4-5,10-11,15-17H,6-9,21H2,1-3H3,(H,22,24). The average molecular weight is 388 g/mol. The third-order valence-electron chi connectivity index (χ3n) is 4.68. The van der Waals surface area contributed by atoms with Crippen molar-refractivity contribution in [3.8, 4) is 0 Å². The van der Waals surface area contributed by atoms with Crippen LogP contribution in [0.15, 0.2) is 18.2 Å². The lowest BCUT2D eigenvalue weighted by molar-refractivity contribution is -0.123. The quantitative estimate of drug-likeness (QED) is 0.754. The molecule has 0 aromatic heterocycles. The van der Waals surface area contributed by atoms with Crippen molar-refractivity contribution < 1.29 is 9.18 Å². The second-order valence-electron chi connectivity index (χ2n) is 6.74. The number of benzene rings is 1. The number of carbonyl (C=O) groups is 1. The predicted molar refractivity (Wildman–Crippen MR) is 104 cm³/mol. The van der Waals surface area contributed by atoms with E-state index in [1.165, 1.54) is 6.07 Å². The fourth-order valence-electron chi connectivity index (χ4n) is 3.33. The Morgan fingerprint density at radius 2 is 2.24 bits per heavy atom. The van der Waals surface area contributed by atoms with E-state index in [4.69, 9.17) is 17.3 Å². The Morgan fingerprint density at radius 3 is 2.84 bits per heavy atom. The van der Waals surface area contributed by atoms with Crippen molar-refractivity contribution in [1.82, 2.24) is 10.2 Å². The molecule has 1 fully saturated rings. The van der Waals surface area contributed by atoms with Gasteiger partial charge >= 0.3 is 0 Å². The zero-order chi connectivity index (χ0) is 18.6. The van der Waals surface area contributed by atoms with E-state index in [-0.39, 0.29) is 29.1 Å². The van der Waals surface area contributed by atoms with Gasteiger partial charge in [0, 0.05) is 18.6 Å². The maximum Gasteiger partial charge on any atom is 0.237 e. The van der Waals surface area contributed by atoms with Gasteiger partial charge in [0.1, 0.15) is 5.82 Å². The van der Waals surface area contributed by atoms with Crippen molar-refractivity contribution in [3.05, 3.63) is 34.6 Å². The molecule has 1 aliphatic rings. The zero-order valence-corrected chi connectivity index (χ0v) is 16.5. The van der Waals surface area contributed by atoms with Crippen LogP contribution >= 0.6 is 23.4 Å². The lowest BCUT2D eigenvalue weighted by atomic mass is 9.98. The molecule has 2 rings (SSSR count). The third-order valence-corrected chi connectivity index (χ3v) is 5.63. The average Bonchev–Trinajstić information content (AvgIpc) is 2.98. The highest BCUT2D eigenvalue weighted by atomic mass is 35.5. The highest BCUT2D eigenvalue weighted by molar-refractivity contribution is 7.98. The van der Waals surface area contributed by atoms with Crippen LogP contribution < -0.4 is 11.1 Å². The van der Waals surface area contributed by atoms with Crippen LogP contribution in [0.1, 0.15) is 38.3 Å². The van der Waals surface area contributed by atoms with Gasteiger partial charge in [-0.1, -0.05) is 17.7 Å². The van der Waals surface area contributed by atoms with Gasteiger partial charge in [-0.3, -0.25) is 9.69 Å². The molecule has 1 saturated heterocycles. The van der Waals surface area contributed by atoms with E-state index < -0.39 is 11.9 Å². The van der Waals surface area contributed by atoms with Crippen LogP contribution in [-0.2, 0) is 4.79 Å². The van der Waals surface area contributed by atoms with Crippen LogP contribution in [0, 0.1) is 5.82 Å². The molecule has 1 aliphatic heterocycles. The second kappa shape index (κ2) is 9.21. The Bertz CT molecular complexity index is 602. The van der Waals surface area contributed by atoms with Crippen molar-refractivity contribution in [3.63, 3.8) is 0 Å². The Balaban J connectivity index is 2.18. The van der Waals surface area contributed by atoms with E-state index in [2.05, 4.69) is 24.1 Å². The molecule has 0 radical (unpaired) electrons. The van der Waals surface area contributed by atoms with Gasteiger partial charge in [-0.05, 0) is 56.4 Å². The summed E-state index contributed by atoms with van der Waals surface area (Å²) in [5.74, 6) is 0.282. The minimum Gasteiger partial charge on any atom is -0.350 e. The first-order valence-corrected chi connectivity index (χ1v) is 10.4. The van der Waals surface area contributed by atoms with Gasteiger partial charge < -0.3 is 11.1 Å². The summed E-state index contributed by atoms with van der Waals surface area (Å²) in [6.07, 6.45) is 3.45. The number of rotatable bonds is 7. The predicted octanol–water partition coefficient (Wildman–Crippen LogP) is 3.20. The second-order valence-corrected chi connectivity index (χ2v) is 8.13. The maximum atomic E-state index is 14.0. The Kier molecular flexibility index (Phi) is 7.55. The number of nitrogens with two attached hydrogens (primary N) is 1. The first-order chi connectivity index (χ1) is 11.8. The molecule has 3 unspecified atom stereocenters. The minimum absolute atomic E-state index is 0.0801. The SMILES string of the molecule is CSCCC(N)C(=O)NC1CCN(C(C)C)C1c1ccc(Cl)c(F)c1. The van der Waals surface area contributed by atoms with Crippen LogP contribution in [-0.4, -0.2) is 47.5 Å². The number of nitrogens with one attached hydrogen (secondary N) is 1. The van der Waals surface area contributed by atoms with Gasteiger partial charge in [-0.15, -0.1) is 0 Å². The molecule has 3 N–H and O–H groups in total. The van der Waals surface area contributed by atoms with Gasteiger partial charge in [0.05, 0.1) is 17.1 Å². The molecule has 0 aliphatic carbocycles. The first-order valence-electron chi connectivity index (χ1n) is 8.60. The summed E-state index contributed by atoms with van der Waals surface area (Å²) in [5, 5.41) is 3.19. The minimum atomic E-state index is -0.511. The molecule has 25 heavy (non-hydrogen) atoms. The van der Waals surface area contributed by atoms with Crippen LogP contribution in [0.4, 0.5) is 4.39 Å². The van der Waals surface area contributed by atoms with Crippen LogP contribution in [0.2, 0.25) is 5.02 Å². The van der Waals surface area contributed by atoms with Crippen molar-refractivity contribution in [2.24, 2.45) is 5.73 Å². The fraction of sp³-hybridized carbons (Fsp3) is 0.611. The molecule has 1 amide bonds. The van der Waals surface area contributed by atoms with Gasteiger partial charge in [0.2, 0.25) is 5.91 Å². The van der Waals surface area contributed by atoms with E-state index in [0.717, 1.165) is 24.3 Å². The van der Waals surface area contributed by atoms with Crippen LogP contribution in [0.3, 0.4) is 0 Å². The smallest absolute Gasteiger partial charge is 0.237 e. The number of hydrogen-bond donors (Lipinski definition) is 2. The number of likely N-dealkylation sites (tertiary alicyclic amines) is 1. The number of thioether (sulfide) groups is 1. The van der Waals surface area contributed by atoms with Gasteiger partial charge in [-0.2, -0.15) is 11.8 Å². The molecule has 1 aromatic carbocycles. The Labute approximate surface area is 158 Å². The molecule has 7 heteroatoms. The maximum absolute atomic E-state index is 14.0. The zero-order valence-electron chi connectivity index (χ0n) is 15.0. The van der Waals surface area contributed by atoms with Crippen molar-refractivity contribution in [2.75, 3.05) is 18.6 Å². The van der Waals surface area contributed by atoms with Gasteiger partial charge in [-0.25, -0.2) is 4.39 Å². The van der Waals surface area contributed by atoms with E-state index >= 15 is 0 Å².